The van der Waals surface area contributed by atoms with Crippen molar-refractivity contribution >= 4 is 6.09 Å². The maximum absolute atomic E-state index is 11.5. The van der Waals surface area contributed by atoms with E-state index in [2.05, 4.69) is 4.74 Å². The van der Waals surface area contributed by atoms with Gasteiger partial charge in [-0.25, -0.2) is 4.79 Å². The molecule has 0 saturated carbocycles. The van der Waals surface area contributed by atoms with Crippen LogP contribution in [0.3, 0.4) is 0 Å². The highest BCUT2D eigenvalue weighted by atomic mass is 19.4. The normalized spacial score (nSPS) is 11.0. The molecular weight excluding hydrogens is 175 g/mol. The van der Waals surface area contributed by atoms with E-state index in [1.165, 1.54) is 0 Å². The summed E-state index contributed by atoms with van der Waals surface area (Å²) in [6.45, 7) is 0.524. The van der Waals surface area contributed by atoms with Crippen molar-refractivity contribution in [3.8, 4) is 0 Å². The number of halogens is 3. The predicted octanol–water partition coefficient (Wildman–Crippen LogP) is 1.68. The Bertz CT molecular complexity index is 146. The van der Waals surface area contributed by atoms with Gasteiger partial charge in [0.2, 0.25) is 0 Å². The quantitative estimate of drug-likeness (QED) is 0.726. The highest BCUT2D eigenvalue weighted by molar-refractivity contribution is 5.67. The summed E-state index contributed by atoms with van der Waals surface area (Å²) in [6, 6.07) is 0. The molecule has 0 spiro atoms. The van der Waals surface area contributed by atoms with Crippen molar-refractivity contribution in [3.63, 3.8) is 0 Å². The van der Waals surface area contributed by atoms with Crippen LogP contribution in [0.1, 0.15) is 13.3 Å². The zero-order valence-corrected chi connectivity index (χ0v) is 6.57. The summed E-state index contributed by atoms with van der Waals surface area (Å²) in [5.41, 5.74) is 0. The number of ether oxygens (including phenoxy) is 1. The molecule has 0 aromatic carbocycles. The zero-order chi connectivity index (χ0) is 9.61. The Kier molecular flexibility index (Phi) is 4.46. The Labute approximate surface area is 67.9 Å². The fourth-order valence-corrected chi connectivity index (χ4v) is 0.418. The molecule has 1 N–H and O–H groups in total. The SMILES string of the molecule is CCCOC(=O)NCC(F)(F)F. The lowest BCUT2D eigenvalue weighted by atomic mass is 10.5. The summed E-state index contributed by atoms with van der Waals surface area (Å²) in [5, 5.41) is 1.57. The second-order valence-corrected chi connectivity index (χ2v) is 2.10. The summed E-state index contributed by atoms with van der Waals surface area (Å²) in [4.78, 5) is 10.4. The first-order chi connectivity index (χ1) is 5.45. The van der Waals surface area contributed by atoms with Crippen LogP contribution < -0.4 is 5.32 Å². The van der Waals surface area contributed by atoms with Crippen molar-refractivity contribution in [1.82, 2.24) is 5.32 Å². The Morgan fingerprint density at radius 3 is 2.50 bits per heavy atom. The smallest absolute Gasteiger partial charge is 0.407 e. The van der Waals surface area contributed by atoms with E-state index in [4.69, 9.17) is 0 Å². The van der Waals surface area contributed by atoms with E-state index >= 15 is 0 Å². The number of alkyl halides is 3. The van der Waals surface area contributed by atoms with Gasteiger partial charge in [-0.3, -0.25) is 0 Å². The van der Waals surface area contributed by atoms with Crippen LogP contribution >= 0.6 is 0 Å². The molecule has 3 nitrogen and oxygen atoms in total. The van der Waals surface area contributed by atoms with Gasteiger partial charge >= 0.3 is 12.3 Å². The molecule has 1 amide bonds. The van der Waals surface area contributed by atoms with E-state index in [1.807, 2.05) is 0 Å². The van der Waals surface area contributed by atoms with E-state index in [0.29, 0.717) is 6.42 Å². The molecule has 0 fully saturated rings. The second-order valence-electron chi connectivity index (χ2n) is 2.10. The molecule has 6 heteroatoms. The van der Waals surface area contributed by atoms with Crippen LogP contribution in [0, 0.1) is 0 Å². The van der Waals surface area contributed by atoms with Crippen LogP contribution in [-0.4, -0.2) is 25.4 Å². The largest absolute Gasteiger partial charge is 0.450 e. The third-order valence-electron chi connectivity index (χ3n) is 0.870. The third kappa shape index (κ3) is 7.17. The molecule has 0 bridgehead atoms. The average Bonchev–Trinajstić information content (AvgIpc) is 1.95. The number of amides is 1. The Balaban J connectivity index is 3.44. The summed E-state index contributed by atoms with van der Waals surface area (Å²) >= 11 is 0. The lowest BCUT2D eigenvalue weighted by Gasteiger charge is -2.07. The highest BCUT2D eigenvalue weighted by Gasteiger charge is 2.27. The van der Waals surface area contributed by atoms with Crippen molar-refractivity contribution in [1.29, 1.82) is 0 Å². The first kappa shape index (κ1) is 11.1. The Morgan fingerprint density at radius 1 is 1.50 bits per heavy atom. The van der Waals surface area contributed by atoms with Crippen LogP contribution in [0.25, 0.3) is 0 Å². The van der Waals surface area contributed by atoms with Gasteiger partial charge in [0.25, 0.3) is 0 Å². The number of hydrogen-bond acceptors (Lipinski definition) is 2. The van der Waals surface area contributed by atoms with Crippen molar-refractivity contribution in [2.45, 2.75) is 19.5 Å². The van der Waals surface area contributed by atoms with Gasteiger partial charge in [-0.05, 0) is 6.42 Å². The number of carbonyl (C=O) groups excluding carboxylic acids is 1. The maximum Gasteiger partial charge on any atom is 0.407 e. The van der Waals surface area contributed by atoms with Crippen LogP contribution in [0.15, 0.2) is 0 Å². The second kappa shape index (κ2) is 4.84. The molecule has 0 aromatic rings. The predicted molar refractivity (Wildman–Crippen MR) is 35.7 cm³/mol. The van der Waals surface area contributed by atoms with Gasteiger partial charge in [-0.15, -0.1) is 0 Å². The molecule has 12 heavy (non-hydrogen) atoms. The molecule has 72 valence electrons. The molecule has 0 aliphatic heterocycles. The summed E-state index contributed by atoms with van der Waals surface area (Å²) in [6.07, 6.45) is -4.83. The fraction of sp³-hybridized carbons (Fsp3) is 0.833. The van der Waals surface area contributed by atoms with Crippen LogP contribution in [-0.2, 0) is 4.74 Å². The van der Waals surface area contributed by atoms with Gasteiger partial charge in [0.15, 0.2) is 0 Å². The van der Waals surface area contributed by atoms with Gasteiger partial charge in [-0.1, -0.05) is 6.92 Å². The van der Waals surface area contributed by atoms with Gasteiger partial charge in [-0.2, -0.15) is 13.2 Å². The molecule has 0 saturated heterocycles. The average molecular weight is 185 g/mol. The third-order valence-corrected chi connectivity index (χ3v) is 0.870. The van der Waals surface area contributed by atoms with Crippen molar-refractivity contribution < 1.29 is 22.7 Å². The fourth-order valence-electron chi connectivity index (χ4n) is 0.418. The van der Waals surface area contributed by atoms with Crippen LogP contribution in [0.5, 0.6) is 0 Å². The van der Waals surface area contributed by atoms with E-state index in [-0.39, 0.29) is 6.61 Å². The molecule has 0 aliphatic rings. The molecular formula is C6H10F3NO2. The van der Waals surface area contributed by atoms with Crippen molar-refractivity contribution in [2.24, 2.45) is 0 Å². The lowest BCUT2D eigenvalue weighted by molar-refractivity contribution is -0.123. The number of rotatable bonds is 3. The number of alkyl carbamates (subject to hydrolysis) is 1. The maximum atomic E-state index is 11.5. The van der Waals surface area contributed by atoms with E-state index in [9.17, 15) is 18.0 Å². The molecule has 0 radical (unpaired) electrons. The van der Waals surface area contributed by atoms with Gasteiger partial charge < -0.3 is 10.1 Å². The molecule has 0 atom stereocenters. The zero-order valence-electron chi connectivity index (χ0n) is 6.57. The van der Waals surface area contributed by atoms with Crippen molar-refractivity contribution in [3.05, 3.63) is 0 Å². The lowest BCUT2D eigenvalue weighted by Crippen LogP contribution is -2.34. The minimum atomic E-state index is -4.38. The summed E-state index contributed by atoms with van der Waals surface area (Å²) in [7, 11) is 0. The number of nitrogens with one attached hydrogen (secondary N) is 1. The molecule has 0 rings (SSSR count). The molecule has 0 aliphatic carbocycles. The highest BCUT2D eigenvalue weighted by Crippen LogP contribution is 2.11. The van der Waals surface area contributed by atoms with Crippen LogP contribution in [0.4, 0.5) is 18.0 Å². The minimum Gasteiger partial charge on any atom is -0.450 e. The van der Waals surface area contributed by atoms with Crippen molar-refractivity contribution in [2.75, 3.05) is 13.2 Å². The molecule has 0 heterocycles. The van der Waals surface area contributed by atoms with E-state index in [0.717, 1.165) is 0 Å². The Hall–Kier alpha value is -0.940. The van der Waals surface area contributed by atoms with E-state index in [1.54, 1.807) is 12.2 Å². The topological polar surface area (TPSA) is 38.3 Å². The Morgan fingerprint density at radius 2 is 2.08 bits per heavy atom. The molecule has 0 aromatic heterocycles. The van der Waals surface area contributed by atoms with Crippen LogP contribution in [0.2, 0.25) is 0 Å². The number of carbonyl (C=O) groups is 1. The standard InChI is InChI=1S/C6H10F3NO2/c1-2-3-12-5(11)10-4-6(7,8)9/h2-4H2,1H3,(H,10,11). The number of hydrogen-bond donors (Lipinski definition) is 1. The van der Waals surface area contributed by atoms with Gasteiger partial charge in [0, 0.05) is 0 Å². The minimum absolute atomic E-state index is 0.129. The van der Waals surface area contributed by atoms with Gasteiger partial charge in [0.05, 0.1) is 6.61 Å². The summed E-state index contributed by atoms with van der Waals surface area (Å²) in [5.74, 6) is 0. The monoisotopic (exact) mass is 185 g/mol. The first-order valence-electron chi connectivity index (χ1n) is 3.43. The van der Waals surface area contributed by atoms with Gasteiger partial charge in [0.1, 0.15) is 6.54 Å². The molecule has 0 unspecified atom stereocenters. The van der Waals surface area contributed by atoms with E-state index < -0.39 is 18.8 Å². The first-order valence-corrected chi connectivity index (χ1v) is 3.43. The summed E-state index contributed by atoms with van der Waals surface area (Å²) < 4.78 is 38.7.